The van der Waals surface area contributed by atoms with Crippen molar-refractivity contribution >= 4 is 33.2 Å². The summed E-state index contributed by atoms with van der Waals surface area (Å²) in [6.45, 7) is 15.7. The molecule has 0 aliphatic heterocycles. The highest BCUT2D eigenvalue weighted by Gasteiger charge is 2.26. The van der Waals surface area contributed by atoms with Crippen molar-refractivity contribution in [3.8, 4) is 114 Å². The molecular weight excluding hydrogens is 945 g/mol. The first-order valence-corrected chi connectivity index (χ1v) is 24.4. The number of hydrogen-bond acceptors (Lipinski definition) is 7. The van der Waals surface area contributed by atoms with Gasteiger partial charge in [0.05, 0.1) is 76.4 Å². The zero-order chi connectivity index (χ0) is 52.4. The zero-order valence-electron chi connectivity index (χ0n) is 40.8. The Hall–Kier alpha value is -11.6. The Kier molecular flexibility index (Phi) is 11.9. The van der Waals surface area contributed by atoms with Crippen LogP contribution in [0, 0.1) is 47.1 Å². The minimum atomic E-state index is 0.339. The molecule has 0 fully saturated rings. The molecule has 354 valence electrons. The van der Waals surface area contributed by atoms with Crippen molar-refractivity contribution in [2.75, 3.05) is 0 Å². The number of benzene rings is 9. The van der Waals surface area contributed by atoms with Crippen LogP contribution >= 0.6 is 0 Å². The average Bonchev–Trinajstić information content (AvgIpc) is 4.06. The fourth-order valence-electron chi connectivity index (χ4n) is 9.88. The second-order valence-electron chi connectivity index (χ2n) is 18.2. The second kappa shape index (κ2) is 19.8. The monoisotopic (exact) mass is 980 g/mol. The van der Waals surface area contributed by atoms with Crippen LogP contribution < -0.4 is 0 Å². The van der Waals surface area contributed by atoms with E-state index >= 15 is 0 Å². The SMILES string of the molecule is [C-]#[N+]c1cc(C#N)cc(-c2ccc3c(c2)c2cc(-c4cc(C#N)cc([N+]#[C-])c4)ccc2n3-c2c(-c3cc(-c4ccccc4)nc(-c4ccccc4)n3)cc(C#N)cc2-c2nc(-c3ccccc3)cc(-c3ccccc3)n2)c1. The van der Waals surface area contributed by atoms with E-state index in [0.29, 0.717) is 90.4 Å². The zero-order valence-corrected chi connectivity index (χ0v) is 40.8. The molecule has 0 N–H and O–H groups in total. The van der Waals surface area contributed by atoms with Crippen LogP contribution in [0.1, 0.15) is 16.7 Å². The van der Waals surface area contributed by atoms with Gasteiger partial charge in [0.15, 0.2) is 23.0 Å². The number of nitriles is 3. The van der Waals surface area contributed by atoms with Gasteiger partial charge in [0.2, 0.25) is 0 Å². The van der Waals surface area contributed by atoms with Gasteiger partial charge in [0.25, 0.3) is 0 Å². The van der Waals surface area contributed by atoms with E-state index in [2.05, 4.69) is 44.6 Å². The minimum Gasteiger partial charge on any atom is -0.308 e. The van der Waals surface area contributed by atoms with E-state index in [1.165, 1.54) is 0 Å². The molecule has 0 saturated heterocycles. The Morgan fingerprint density at radius 3 is 1.17 bits per heavy atom. The van der Waals surface area contributed by atoms with E-state index in [-0.39, 0.29) is 0 Å². The Morgan fingerprint density at radius 1 is 0.338 bits per heavy atom. The van der Waals surface area contributed by atoms with Crippen molar-refractivity contribution in [3.05, 3.63) is 258 Å². The van der Waals surface area contributed by atoms with Gasteiger partial charge in [-0.1, -0.05) is 133 Å². The van der Waals surface area contributed by atoms with Gasteiger partial charge in [0.1, 0.15) is 0 Å². The summed E-state index contributed by atoms with van der Waals surface area (Å²) in [6, 6.07) is 76.6. The maximum Gasteiger partial charge on any atom is 0.189 e. The summed E-state index contributed by atoms with van der Waals surface area (Å²) in [4.78, 5) is 28.7. The van der Waals surface area contributed by atoms with E-state index < -0.39 is 0 Å². The molecule has 0 saturated carbocycles. The molecule has 0 unspecified atom stereocenters. The van der Waals surface area contributed by atoms with Crippen LogP contribution in [0.4, 0.5) is 11.4 Å². The molecular formula is C67H36N10. The third kappa shape index (κ3) is 8.84. The molecule has 12 rings (SSSR count). The van der Waals surface area contributed by atoms with E-state index in [1.54, 1.807) is 36.4 Å². The molecule has 0 spiro atoms. The molecule has 0 radical (unpaired) electrons. The smallest absolute Gasteiger partial charge is 0.189 e. The van der Waals surface area contributed by atoms with Crippen molar-refractivity contribution < 1.29 is 0 Å². The molecule has 12 aromatic rings. The first-order valence-electron chi connectivity index (χ1n) is 24.4. The van der Waals surface area contributed by atoms with Gasteiger partial charge in [0, 0.05) is 55.3 Å². The summed E-state index contributed by atoms with van der Waals surface area (Å²) in [7, 11) is 0. The normalized spacial score (nSPS) is 10.8. The lowest BCUT2D eigenvalue weighted by atomic mass is 9.97. The highest BCUT2D eigenvalue weighted by Crippen LogP contribution is 2.45. The lowest BCUT2D eigenvalue weighted by Crippen LogP contribution is -2.06. The lowest BCUT2D eigenvalue weighted by Gasteiger charge is -2.20. The maximum absolute atomic E-state index is 11.1. The molecule has 0 atom stereocenters. The van der Waals surface area contributed by atoms with Crippen molar-refractivity contribution in [1.29, 1.82) is 15.8 Å². The van der Waals surface area contributed by atoms with Gasteiger partial charge in [-0.3, -0.25) is 0 Å². The molecule has 0 bridgehead atoms. The lowest BCUT2D eigenvalue weighted by molar-refractivity contribution is 1.13. The molecule has 10 heteroatoms. The summed E-state index contributed by atoms with van der Waals surface area (Å²) in [5.41, 5.74) is 14.0. The van der Waals surface area contributed by atoms with Gasteiger partial charge >= 0.3 is 0 Å². The average molecular weight is 981 g/mol. The van der Waals surface area contributed by atoms with Crippen LogP contribution in [0.2, 0.25) is 0 Å². The van der Waals surface area contributed by atoms with Gasteiger partial charge in [-0.15, -0.1) is 0 Å². The Balaban J connectivity index is 1.24. The quantitative estimate of drug-likeness (QED) is 0.131. The summed E-state index contributed by atoms with van der Waals surface area (Å²) in [6.07, 6.45) is 0. The molecule has 9 aromatic carbocycles. The molecule has 0 amide bonds. The van der Waals surface area contributed by atoms with Crippen LogP contribution in [0.5, 0.6) is 0 Å². The predicted molar refractivity (Wildman–Crippen MR) is 302 cm³/mol. The summed E-state index contributed by atoms with van der Waals surface area (Å²) in [5, 5.41) is 32.8. The third-order valence-corrected chi connectivity index (χ3v) is 13.5. The standard InChI is InChI=1S/C67H36N10/c1-71-53-29-42(39-68)27-51(33-53)49-23-25-63-55(35-49)56-36-50(52-28-43(40-69)30-54(34-52)72-2)24-26-64(56)77(63)65-57(62-38-61(47-19-11-5-12-20-47)73-66(76-62)48-21-13-6-14-22-48)31-44(41-70)32-58(65)67-74-59(45-15-7-3-8-16-45)37-60(75-67)46-17-9-4-10-18-46/h3-38H. The molecule has 3 aromatic heterocycles. The van der Waals surface area contributed by atoms with Crippen LogP contribution in [-0.4, -0.2) is 24.5 Å². The number of fused-ring (bicyclic) bond motifs is 3. The topological polar surface area (TPSA) is 137 Å². The second-order valence-corrected chi connectivity index (χ2v) is 18.2. The summed E-state index contributed by atoms with van der Waals surface area (Å²) < 4.78 is 2.17. The fraction of sp³-hybridized carbons (Fsp3) is 0. The van der Waals surface area contributed by atoms with Crippen molar-refractivity contribution in [2.24, 2.45) is 0 Å². The highest BCUT2D eigenvalue weighted by molar-refractivity contribution is 6.13. The maximum atomic E-state index is 11.1. The van der Waals surface area contributed by atoms with Crippen LogP contribution in [0.15, 0.2) is 218 Å². The minimum absolute atomic E-state index is 0.339. The molecule has 0 aliphatic rings. The van der Waals surface area contributed by atoms with E-state index in [0.717, 1.165) is 55.2 Å². The van der Waals surface area contributed by atoms with Gasteiger partial charge in [-0.25, -0.2) is 29.6 Å². The van der Waals surface area contributed by atoms with E-state index in [4.69, 9.17) is 33.1 Å². The summed E-state index contributed by atoms with van der Waals surface area (Å²) >= 11 is 0. The van der Waals surface area contributed by atoms with Crippen LogP contribution in [0.25, 0.3) is 127 Å². The Morgan fingerprint density at radius 2 is 0.727 bits per heavy atom. The third-order valence-electron chi connectivity index (χ3n) is 13.5. The molecule has 3 heterocycles. The first kappa shape index (κ1) is 46.5. The van der Waals surface area contributed by atoms with Gasteiger partial charge < -0.3 is 4.57 Å². The molecule has 0 aliphatic carbocycles. The summed E-state index contributed by atoms with van der Waals surface area (Å²) in [5.74, 6) is 0.848. The number of aromatic nitrogens is 5. The van der Waals surface area contributed by atoms with Crippen molar-refractivity contribution in [1.82, 2.24) is 24.5 Å². The van der Waals surface area contributed by atoms with Crippen LogP contribution in [0.3, 0.4) is 0 Å². The van der Waals surface area contributed by atoms with Crippen molar-refractivity contribution in [2.45, 2.75) is 0 Å². The fourth-order valence-corrected chi connectivity index (χ4v) is 9.88. The number of rotatable bonds is 9. The number of hydrogen-bond donors (Lipinski definition) is 0. The Bertz CT molecular complexity index is 4090. The number of nitrogens with zero attached hydrogens (tertiary/aromatic N) is 10. The van der Waals surface area contributed by atoms with Crippen LogP contribution in [-0.2, 0) is 0 Å². The van der Waals surface area contributed by atoms with Gasteiger partial charge in [-0.05, 0) is 107 Å². The first-order chi connectivity index (χ1) is 37.9. The van der Waals surface area contributed by atoms with Gasteiger partial charge in [-0.2, -0.15) is 15.8 Å². The van der Waals surface area contributed by atoms with E-state index in [1.807, 2.05) is 170 Å². The largest absolute Gasteiger partial charge is 0.308 e. The predicted octanol–water partition coefficient (Wildman–Crippen LogP) is 16.4. The van der Waals surface area contributed by atoms with Crippen molar-refractivity contribution in [3.63, 3.8) is 0 Å². The molecule has 10 nitrogen and oxygen atoms in total. The highest BCUT2D eigenvalue weighted by atomic mass is 15.0. The molecule has 77 heavy (non-hydrogen) atoms. The van der Waals surface area contributed by atoms with E-state index in [9.17, 15) is 15.8 Å². The Labute approximate surface area is 443 Å².